The summed E-state index contributed by atoms with van der Waals surface area (Å²) in [7, 11) is 3.41. The predicted molar refractivity (Wildman–Crippen MR) is 71.7 cm³/mol. The molecule has 1 aromatic carbocycles. The van der Waals surface area contributed by atoms with Crippen molar-refractivity contribution in [3.8, 4) is 5.75 Å². The van der Waals surface area contributed by atoms with E-state index in [1.165, 1.54) is 0 Å². The van der Waals surface area contributed by atoms with Gasteiger partial charge in [0, 0.05) is 20.2 Å². The SMILES string of the molecule is CN(C)c1n[nH]c(NC(=O)c2ccc(OC(F)F)cc2F)n1. The Hall–Kier alpha value is -2.78. The highest BCUT2D eigenvalue weighted by atomic mass is 19.3. The van der Waals surface area contributed by atoms with E-state index in [-0.39, 0.29) is 17.3 Å². The zero-order chi connectivity index (χ0) is 16.3. The molecule has 118 valence electrons. The van der Waals surface area contributed by atoms with Gasteiger partial charge in [0.1, 0.15) is 11.6 Å². The van der Waals surface area contributed by atoms with Crippen LogP contribution in [-0.4, -0.2) is 41.8 Å². The maximum atomic E-state index is 13.7. The second kappa shape index (κ2) is 6.33. The summed E-state index contributed by atoms with van der Waals surface area (Å²) in [4.78, 5) is 17.4. The molecule has 2 N–H and O–H groups in total. The van der Waals surface area contributed by atoms with Crippen molar-refractivity contribution >= 4 is 17.8 Å². The number of hydrogen-bond acceptors (Lipinski definition) is 5. The molecule has 1 amide bonds. The minimum Gasteiger partial charge on any atom is -0.435 e. The average molecular weight is 315 g/mol. The number of hydrogen-bond donors (Lipinski definition) is 2. The molecular formula is C12H12F3N5O2. The van der Waals surface area contributed by atoms with Gasteiger partial charge in [-0.15, -0.1) is 5.10 Å². The molecule has 0 fully saturated rings. The highest BCUT2D eigenvalue weighted by molar-refractivity contribution is 6.03. The van der Waals surface area contributed by atoms with Gasteiger partial charge in [0.2, 0.25) is 11.9 Å². The van der Waals surface area contributed by atoms with Gasteiger partial charge in [0.15, 0.2) is 0 Å². The number of anilines is 2. The van der Waals surface area contributed by atoms with Crippen LogP contribution in [0.25, 0.3) is 0 Å². The maximum Gasteiger partial charge on any atom is 0.387 e. The fraction of sp³-hybridized carbons (Fsp3) is 0.250. The van der Waals surface area contributed by atoms with Crippen LogP contribution in [0.3, 0.4) is 0 Å². The summed E-state index contributed by atoms with van der Waals surface area (Å²) in [6.07, 6.45) is 0. The number of carbonyl (C=O) groups excluding carboxylic acids is 1. The second-order valence-electron chi connectivity index (χ2n) is 4.35. The van der Waals surface area contributed by atoms with Crippen molar-refractivity contribution in [1.29, 1.82) is 0 Å². The zero-order valence-electron chi connectivity index (χ0n) is 11.6. The molecule has 0 aliphatic carbocycles. The third-order valence-electron chi connectivity index (χ3n) is 2.52. The molecule has 0 aliphatic heterocycles. The highest BCUT2D eigenvalue weighted by Crippen LogP contribution is 2.19. The summed E-state index contributed by atoms with van der Waals surface area (Å²) in [6, 6.07) is 2.80. The van der Waals surface area contributed by atoms with E-state index in [0.29, 0.717) is 12.0 Å². The molecule has 0 unspecified atom stereocenters. The molecule has 0 aliphatic rings. The fourth-order valence-electron chi connectivity index (χ4n) is 1.54. The van der Waals surface area contributed by atoms with E-state index in [9.17, 15) is 18.0 Å². The Morgan fingerprint density at radius 1 is 1.41 bits per heavy atom. The number of nitrogens with zero attached hydrogens (tertiary/aromatic N) is 3. The molecule has 0 spiro atoms. The average Bonchev–Trinajstić information content (AvgIpc) is 2.86. The van der Waals surface area contributed by atoms with Crippen LogP contribution in [0.4, 0.5) is 25.1 Å². The monoisotopic (exact) mass is 315 g/mol. The van der Waals surface area contributed by atoms with Crippen molar-refractivity contribution in [3.63, 3.8) is 0 Å². The van der Waals surface area contributed by atoms with Crippen LogP contribution < -0.4 is 15.0 Å². The van der Waals surface area contributed by atoms with Crippen LogP contribution in [0.5, 0.6) is 5.75 Å². The number of aromatic nitrogens is 3. The maximum absolute atomic E-state index is 13.7. The first-order valence-electron chi connectivity index (χ1n) is 6.02. The third-order valence-corrected chi connectivity index (χ3v) is 2.52. The topological polar surface area (TPSA) is 83.1 Å². The van der Waals surface area contributed by atoms with E-state index in [0.717, 1.165) is 12.1 Å². The Bertz CT molecular complexity index is 675. The smallest absolute Gasteiger partial charge is 0.387 e. The number of rotatable bonds is 5. The lowest BCUT2D eigenvalue weighted by molar-refractivity contribution is -0.0499. The van der Waals surface area contributed by atoms with E-state index in [4.69, 9.17) is 0 Å². The standard InChI is InChI=1S/C12H12F3N5O2/c1-20(2)12-17-11(18-19-12)16-9(21)7-4-3-6(5-8(7)13)22-10(14)15/h3-5,10H,1-2H3,(H2,16,17,18,19,21). The fourth-order valence-corrected chi connectivity index (χ4v) is 1.54. The molecular weight excluding hydrogens is 303 g/mol. The highest BCUT2D eigenvalue weighted by Gasteiger charge is 2.16. The number of alkyl halides is 2. The second-order valence-corrected chi connectivity index (χ2v) is 4.35. The molecule has 2 aromatic rings. The molecule has 0 bridgehead atoms. The van der Waals surface area contributed by atoms with Gasteiger partial charge >= 0.3 is 6.61 Å². The largest absolute Gasteiger partial charge is 0.435 e. The minimum absolute atomic E-state index is 0.0287. The molecule has 0 radical (unpaired) electrons. The molecule has 2 rings (SSSR count). The molecule has 10 heteroatoms. The Kier molecular flexibility index (Phi) is 4.49. The third kappa shape index (κ3) is 3.65. The summed E-state index contributed by atoms with van der Waals surface area (Å²) in [5, 5.41) is 8.58. The van der Waals surface area contributed by atoms with Gasteiger partial charge in [0.25, 0.3) is 5.91 Å². The minimum atomic E-state index is -3.07. The number of nitrogens with one attached hydrogen (secondary N) is 2. The number of benzene rings is 1. The molecule has 0 atom stereocenters. The number of halogens is 3. The van der Waals surface area contributed by atoms with Crippen LogP contribution in [0.1, 0.15) is 10.4 Å². The lowest BCUT2D eigenvalue weighted by Gasteiger charge is -2.07. The summed E-state index contributed by atoms with van der Waals surface area (Å²) in [5.41, 5.74) is -0.343. The Morgan fingerprint density at radius 2 is 2.14 bits per heavy atom. The van der Waals surface area contributed by atoms with Crippen molar-refractivity contribution in [1.82, 2.24) is 15.2 Å². The number of amides is 1. The summed E-state index contributed by atoms with van der Waals surface area (Å²) < 4.78 is 41.8. The van der Waals surface area contributed by atoms with E-state index < -0.39 is 18.3 Å². The van der Waals surface area contributed by atoms with Crippen molar-refractivity contribution < 1.29 is 22.7 Å². The number of H-pyrrole nitrogens is 1. The summed E-state index contributed by atoms with van der Waals surface area (Å²) >= 11 is 0. The predicted octanol–water partition coefficient (Wildman–Crippen LogP) is 1.86. The van der Waals surface area contributed by atoms with Crippen molar-refractivity contribution in [2.45, 2.75) is 6.61 Å². The Balaban J connectivity index is 2.11. The molecule has 22 heavy (non-hydrogen) atoms. The Morgan fingerprint density at radius 3 is 2.68 bits per heavy atom. The van der Waals surface area contributed by atoms with Crippen LogP contribution in [-0.2, 0) is 0 Å². The molecule has 1 aromatic heterocycles. The lowest BCUT2D eigenvalue weighted by Crippen LogP contribution is -2.15. The van der Waals surface area contributed by atoms with Crippen LogP contribution >= 0.6 is 0 Å². The normalized spacial score (nSPS) is 10.6. The Labute approximate surface area is 123 Å². The van der Waals surface area contributed by atoms with Crippen molar-refractivity contribution in [2.24, 2.45) is 0 Å². The molecule has 0 saturated heterocycles. The van der Waals surface area contributed by atoms with E-state index in [1.807, 2.05) is 0 Å². The number of aromatic amines is 1. The van der Waals surface area contributed by atoms with Gasteiger partial charge < -0.3 is 9.64 Å². The first kappa shape index (κ1) is 15.6. The van der Waals surface area contributed by atoms with Gasteiger partial charge in [0.05, 0.1) is 5.56 Å². The van der Waals surface area contributed by atoms with Gasteiger partial charge in [-0.1, -0.05) is 0 Å². The van der Waals surface area contributed by atoms with Gasteiger partial charge in [-0.05, 0) is 12.1 Å². The summed E-state index contributed by atoms with van der Waals surface area (Å²) in [5.74, 6) is -1.82. The van der Waals surface area contributed by atoms with Crippen LogP contribution in [0.2, 0.25) is 0 Å². The van der Waals surface area contributed by atoms with Crippen molar-refractivity contribution in [3.05, 3.63) is 29.6 Å². The zero-order valence-corrected chi connectivity index (χ0v) is 11.6. The quantitative estimate of drug-likeness (QED) is 0.880. The first-order valence-corrected chi connectivity index (χ1v) is 6.02. The van der Waals surface area contributed by atoms with Gasteiger partial charge in [-0.3, -0.25) is 10.1 Å². The number of carbonyl (C=O) groups is 1. The van der Waals surface area contributed by atoms with Crippen LogP contribution in [0, 0.1) is 5.82 Å². The van der Waals surface area contributed by atoms with Crippen molar-refractivity contribution in [2.75, 3.05) is 24.3 Å². The number of ether oxygens (including phenoxy) is 1. The van der Waals surface area contributed by atoms with E-state index in [1.54, 1.807) is 19.0 Å². The van der Waals surface area contributed by atoms with Gasteiger partial charge in [-0.25, -0.2) is 9.49 Å². The first-order chi connectivity index (χ1) is 10.4. The van der Waals surface area contributed by atoms with E-state index in [2.05, 4.69) is 25.2 Å². The van der Waals surface area contributed by atoms with Crippen LogP contribution in [0.15, 0.2) is 18.2 Å². The van der Waals surface area contributed by atoms with E-state index >= 15 is 0 Å². The lowest BCUT2D eigenvalue weighted by atomic mass is 10.2. The molecule has 1 heterocycles. The summed E-state index contributed by atoms with van der Waals surface area (Å²) in [6.45, 7) is -3.07. The molecule has 0 saturated carbocycles. The van der Waals surface area contributed by atoms with Gasteiger partial charge in [-0.2, -0.15) is 13.8 Å². The molecule has 7 nitrogen and oxygen atoms in total.